The van der Waals surface area contributed by atoms with Crippen LogP contribution in [0.15, 0.2) is 0 Å². The third kappa shape index (κ3) is 33.2. The first-order valence-corrected chi connectivity index (χ1v) is 3.39. The summed E-state index contributed by atoms with van der Waals surface area (Å²) >= 11 is 5.25. The molecule has 0 aliphatic rings. The van der Waals surface area contributed by atoms with E-state index in [0.29, 0.717) is 0 Å². The number of hydrogen-bond donors (Lipinski definition) is 0. The predicted molar refractivity (Wildman–Crippen MR) is 30.0 cm³/mol. The second kappa shape index (κ2) is 40.1. The zero-order chi connectivity index (χ0) is 2.00. The van der Waals surface area contributed by atoms with Crippen LogP contribution in [0.25, 0.3) is 0 Å². The number of rotatable bonds is 0. The van der Waals surface area contributed by atoms with Crippen molar-refractivity contribution in [3.05, 3.63) is 0 Å². The van der Waals surface area contributed by atoms with Crippen molar-refractivity contribution in [1.29, 1.82) is 0 Å². The zero-order valence-electron chi connectivity index (χ0n) is 1.86. The van der Waals surface area contributed by atoms with Crippen molar-refractivity contribution < 1.29 is 50.7 Å². The van der Waals surface area contributed by atoms with Crippen LogP contribution in [0, 0.1) is 0 Å². The maximum atomic E-state index is 3.19. The van der Waals surface area contributed by atoms with Crippen LogP contribution >= 0.6 is 0 Å². The van der Waals surface area contributed by atoms with Gasteiger partial charge in [-0.15, -0.1) is 0 Å². The van der Waals surface area contributed by atoms with Gasteiger partial charge in [0.1, 0.15) is 0 Å². The minimum Gasteiger partial charge on any atom is 0 e. The van der Waals surface area contributed by atoms with E-state index in [-0.39, 0.29) is 155 Å². The van der Waals surface area contributed by atoms with Gasteiger partial charge in [0.25, 0.3) is 0 Å². The maximum absolute atomic E-state index is 3.19. The Labute approximate surface area is 178 Å². The molecule has 0 bridgehead atoms. The van der Waals surface area contributed by atoms with Gasteiger partial charge in [-0.25, -0.2) is 0 Å². The average Bonchev–Trinajstić information content (AvgIpc) is 1.00. The van der Waals surface area contributed by atoms with Crippen LogP contribution in [0.2, 0.25) is 0 Å². The van der Waals surface area contributed by atoms with E-state index in [0.717, 1.165) is 0 Å². The summed E-state index contributed by atoms with van der Waals surface area (Å²) in [7, 11) is 0. The van der Waals surface area contributed by atoms with Crippen LogP contribution in [-0.4, -0.2) is 133 Å². The molecule has 0 N–H and O–H groups in total. The van der Waals surface area contributed by atoms with Crippen molar-refractivity contribution in [3.63, 3.8) is 0 Å². The van der Waals surface area contributed by atoms with Crippen LogP contribution in [0.5, 0.6) is 0 Å². The van der Waals surface area contributed by atoms with E-state index < -0.39 is 0 Å². The standard InChI is InChI=1S/Ca.2Fe.K.Na.H2Se.Zn.4H/h;;;;;1H2;;;;;/q;;+1;;;;;;;;/p-1. The van der Waals surface area contributed by atoms with Crippen molar-refractivity contribution in [3.8, 4) is 0 Å². The SMILES string of the molecule is [CaH2].[Fe].[Fe][SeH].[KH].[NaH].[Zn]. The van der Waals surface area contributed by atoms with Gasteiger partial charge in [-0.2, -0.15) is 0 Å². The summed E-state index contributed by atoms with van der Waals surface area (Å²) in [5.74, 6) is 0. The smallest absolute Gasteiger partial charge is 0 e. The fraction of sp³-hybridized carbons (Fsp3) is 0. The summed E-state index contributed by atoms with van der Waals surface area (Å²) in [6.45, 7) is 0. The third-order valence-corrected chi connectivity index (χ3v) is 0. The first-order chi connectivity index (χ1) is 1.00. The van der Waals surface area contributed by atoms with Gasteiger partial charge in [0, 0.05) is 36.5 Å². The molecular weight excluding hydrogens is 358 g/mol. The van der Waals surface area contributed by atoms with E-state index in [2.05, 4.69) is 28.4 Å². The van der Waals surface area contributed by atoms with Gasteiger partial charge in [0.2, 0.25) is 0 Å². The molecule has 0 heterocycles. The molecule has 0 fully saturated rings. The molecule has 7 heavy (non-hydrogen) atoms. The molecule has 0 unspecified atom stereocenters. The van der Waals surface area contributed by atoms with Gasteiger partial charge in [-0.05, 0) is 0 Å². The summed E-state index contributed by atoms with van der Waals surface area (Å²) in [6.07, 6.45) is 0. The van der Waals surface area contributed by atoms with Crippen molar-refractivity contribution in [2.24, 2.45) is 0 Å². The van der Waals surface area contributed by atoms with Crippen LogP contribution in [0.4, 0.5) is 0 Å². The van der Waals surface area contributed by atoms with Crippen molar-refractivity contribution in [2.75, 3.05) is 0 Å². The van der Waals surface area contributed by atoms with Crippen molar-refractivity contribution in [2.45, 2.75) is 0 Å². The summed E-state index contributed by atoms with van der Waals surface area (Å²) in [4.78, 5) is 0. The molecule has 0 nitrogen and oxygen atoms in total. The second-order valence-electron chi connectivity index (χ2n) is 0. The Kier molecular flexibility index (Phi) is 218. The monoisotopic (exact) mass is 363 g/mol. The minimum atomic E-state index is 0. The zero-order valence-corrected chi connectivity index (χ0v) is 8.91. The molecule has 0 aliphatic carbocycles. The topological polar surface area (TPSA) is 0 Å². The van der Waals surface area contributed by atoms with Gasteiger partial charge in [0.15, 0.2) is 0 Å². The third-order valence-electron chi connectivity index (χ3n) is 0. The quantitative estimate of drug-likeness (QED) is 0.406. The van der Waals surface area contributed by atoms with E-state index in [4.69, 9.17) is 0 Å². The molecule has 0 saturated heterocycles. The van der Waals surface area contributed by atoms with Crippen LogP contribution in [0.3, 0.4) is 0 Å². The van der Waals surface area contributed by atoms with Gasteiger partial charge < -0.3 is 0 Å². The van der Waals surface area contributed by atoms with Crippen molar-refractivity contribution in [1.82, 2.24) is 0 Å². The largest absolute Gasteiger partial charge is 0 e. The van der Waals surface area contributed by atoms with Crippen LogP contribution < -0.4 is 0 Å². The van der Waals surface area contributed by atoms with Crippen molar-refractivity contribution >= 4 is 133 Å². The molecule has 0 aromatic rings. The van der Waals surface area contributed by atoms with E-state index >= 15 is 0 Å². The Balaban J connectivity index is -0.000000000500. The van der Waals surface area contributed by atoms with Gasteiger partial charge in [-0.1, -0.05) is 0 Å². The van der Waals surface area contributed by atoms with Crippen LogP contribution in [0.1, 0.15) is 0 Å². The molecule has 7 heteroatoms. The summed E-state index contributed by atoms with van der Waals surface area (Å²) < 4.78 is 0. The molecule has 0 aromatic heterocycles. The Morgan fingerprint density at radius 2 is 1.14 bits per heavy atom. The molecule has 0 amide bonds. The second-order valence-corrected chi connectivity index (χ2v) is 0. The molecule has 33 valence electrons. The molecule has 0 aromatic carbocycles. The molecule has 0 atom stereocenters. The Morgan fingerprint density at radius 1 is 1.14 bits per heavy atom. The summed E-state index contributed by atoms with van der Waals surface area (Å²) in [5.41, 5.74) is 0. The minimum absolute atomic E-state index is 0. The molecular formula is H5CaFe2KNaSeZn. The van der Waals surface area contributed by atoms with E-state index in [1.54, 1.807) is 0 Å². The predicted octanol–water partition coefficient (Wildman–Crippen LogP) is -2.87. The fourth-order valence-corrected chi connectivity index (χ4v) is 0. The Hall–Kier alpha value is 6.08. The van der Waals surface area contributed by atoms with E-state index in [1.165, 1.54) is 0 Å². The molecule has 0 radical (unpaired) electrons. The van der Waals surface area contributed by atoms with E-state index in [9.17, 15) is 0 Å². The Morgan fingerprint density at radius 3 is 1.14 bits per heavy atom. The van der Waals surface area contributed by atoms with Crippen LogP contribution in [-0.2, 0) is 50.7 Å². The normalized spacial score (nSPS) is 0.857. The maximum Gasteiger partial charge on any atom is 0 e. The molecule has 0 aliphatic heterocycles. The Bertz CT molecular complexity index is 17.7. The molecule has 0 spiro atoms. The number of hydrogen-bond acceptors (Lipinski definition) is 0. The van der Waals surface area contributed by atoms with Gasteiger partial charge >= 0.3 is 147 Å². The van der Waals surface area contributed by atoms with E-state index in [1.807, 2.05) is 0 Å². The first-order valence-electron chi connectivity index (χ1n) is 0.158. The molecule has 0 rings (SSSR count). The first kappa shape index (κ1) is 38.1. The fourth-order valence-electron chi connectivity index (χ4n) is 0. The van der Waals surface area contributed by atoms with Gasteiger partial charge in [0.05, 0.1) is 0 Å². The molecule has 0 saturated carbocycles. The average molecular weight is 363 g/mol. The summed E-state index contributed by atoms with van der Waals surface area (Å²) in [5, 5.41) is 0. The summed E-state index contributed by atoms with van der Waals surface area (Å²) in [6, 6.07) is 0. The van der Waals surface area contributed by atoms with Gasteiger partial charge in [-0.3, -0.25) is 0 Å².